The normalized spacial score (nSPS) is 21.9. The van der Waals surface area contributed by atoms with Crippen LogP contribution in [-0.2, 0) is 7.05 Å². The van der Waals surface area contributed by atoms with Crippen LogP contribution >= 0.6 is 0 Å². The van der Waals surface area contributed by atoms with Gasteiger partial charge in [0.05, 0.1) is 0 Å². The van der Waals surface area contributed by atoms with Gasteiger partial charge in [0.15, 0.2) is 5.69 Å². The first-order valence-electron chi connectivity index (χ1n) is 10.6. The fourth-order valence-electron chi connectivity index (χ4n) is 1.99. The molecule has 0 unspecified atom stereocenters. The lowest BCUT2D eigenvalue weighted by atomic mass is 9.98. The van der Waals surface area contributed by atoms with Gasteiger partial charge in [-0.2, -0.15) is 4.57 Å². The van der Waals surface area contributed by atoms with Crippen molar-refractivity contribution in [3.8, 4) is 11.3 Å². The molecule has 1 nitrogen and oxygen atoms in total. The van der Waals surface area contributed by atoms with E-state index in [1.807, 2.05) is 19.1 Å². The van der Waals surface area contributed by atoms with Crippen molar-refractivity contribution in [3.05, 3.63) is 53.2 Å². The molecule has 18 heavy (non-hydrogen) atoms. The van der Waals surface area contributed by atoms with E-state index < -0.39 is 37.7 Å². The highest BCUT2D eigenvalue weighted by atomic mass is 14.9. The van der Waals surface area contributed by atoms with Crippen LogP contribution in [0.15, 0.2) is 36.4 Å². The first kappa shape index (κ1) is 5.16. The molecule has 1 heterocycles. The van der Waals surface area contributed by atoms with Crippen LogP contribution in [0.3, 0.4) is 0 Å². The topological polar surface area (TPSA) is 3.88 Å². The molecule has 0 spiro atoms. The van der Waals surface area contributed by atoms with Crippen molar-refractivity contribution in [2.75, 3.05) is 0 Å². The minimum atomic E-state index is -3.27. The maximum absolute atomic E-state index is 8.41. The Hall–Kier alpha value is -1.63. The Kier molecular flexibility index (Phi) is 1.41. The zero-order chi connectivity index (χ0) is 21.7. The smallest absolute Gasteiger partial charge is 0.198 e. The fourth-order valence-corrected chi connectivity index (χ4v) is 1.99. The number of nitrogens with zero attached hydrogens (tertiary/aromatic N) is 1. The third-order valence-corrected chi connectivity index (χ3v) is 3.05. The van der Waals surface area contributed by atoms with E-state index in [-0.39, 0.29) is 0 Å². The largest absolute Gasteiger partial charge is 0.212 e. The predicted molar refractivity (Wildman–Crippen MR) is 76.6 cm³/mol. The molecule has 0 atom stereocenters. The molecule has 0 aliphatic carbocycles. The van der Waals surface area contributed by atoms with Crippen LogP contribution in [-0.4, -0.2) is 0 Å². The lowest BCUT2D eigenvalue weighted by molar-refractivity contribution is -0.667. The zero-order valence-corrected chi connectivity index (χ0v) is 10.4. The molecule has 2 aromatic rings. The van der Waals surface area contributed by atoms with E-state index in [1.165, 1.54) is 17.7 Å². The minimum Gasteiger partial charge on any atom is -0.198 e. The van der Waals surface area contributed by atoms with Gasteiger partial charge in [-0.25, -0.2) is 0 Å². The summed E-state index contributed by atoms with van der Waals surface area (Å²) in [4.78, 5) is 0. The Morgan fingerprint density at radius 2 is 1.94 bits per heavy atom. The van der Waals surface area contributed by atoms with Gasteiger partial charge in [0.25, 0.3) is 0 Å². The molecule has 0 fully saturated rings. The average molecular weight is 250 g/mol. The number of aromatic nitrogens is 1. The highest BCUT2D eigenvalue weighted by Crippen LogP contribution is 2.23. The number of rotatable bonds is 2. The van der Waals surface area contributed by atoms with Gasteiger partial charge in [-0.1, -0.05) is 31.9 Å². The summed E-state index contributed by atoms with van der Waals surface area (Å²) in [5.41, 5.74) is 1.04. The van der Waals surface area contributed by atoms with Gasteiger partial charge in [0.1, 0.15) is 7.05 Å². The van der Waals surface area contributed by atoms with E-state index in [9.17, 15) is 0 Å². The van der Waals surface area contributed by atoms with Gasteiger partial charge in [-0.3, -0.25) is 0 Å². The Labute approximate surface area is 124 Å². The van der Waals surface area contributed by atoms with Crippen LogP contribution in [0.2, 0.25) is 0 Å². The van der Waals surface area contributed by atoms with Crippen LogP contribution < -0.4 is 4.57 Å². The van der Waals surface area contributed by atoms with Crippen molar-refractivity contribution in [2.45, 2.75) is 33.4 Å². The summed E-state index contributed by atoms with van der Waals surface area (Å²) in [6.45, 7) is -7.52. The Morgan fingerprint density at radius 1 is 1.17 bits per heavy atom. The second-order valence-corrected chi connectivity index (χ2v) is 4.23. The molecule has 1 aromatic carbocycles. The Morgan fingerprint density at radius 3 is 2.61 bits per heavy atom. The molecule has 94 valence electrons. The van der Waals surface area contributed by atoms with E-state index >= 15 is 0 Å². The van der Waals surface area contributed by atoms with Gasteiger partial charge in [0.2, 0.25) is 5.69 Å². The van der Waals surface area contributed by atoms with Gasteiger partial charge in [-0.05, 0) is 30.5 Å². The third-order valence-electron chi connectivity index (χ3n) is 3.05. The number of hydrogen-bond acceptors (Lipinski definition) is 0. The molecule has 2 rings (SSSR count). The van der Waals surface area contributed by atoms with E-state index in [0.29, 0.717) is 5.69 Å². The number of benzene rings is 1. The Balaban J connectivity index is 2.96. The van der Waals surface area contributed by atoms with Crippen molar-refractivity contribution >= 4 is 0 Å². The maximum Gasteiger partial charge on any atom is 0.212 e. The van der Waals surface area contributed by atoms with Gasteiger partial charge in [0, 0.05) is 37.8 Å². The maximum atomic E-state index is 8.41. The molecule has 0 saturated heterocycles. The van der Waals surface area contributed by atoms with E-state index in [1.54, 1.807) is 12.1 Å². The molecule has 1 aromatic heterocycles. The SMILES string of the molecule is [2H]C([2H])([2H])c1c(C([2H])(C([2H])([2H])[2H])C([2H])([2H])[2H])ccc(-c2ccccc2C)[n+]1C. The van der Waals surface area contributed by atoms with Crippen LogP contribution in [0.5, 0.6) is 0 Å². The molecule has 0 aliphatic heterocycles. The van der Waals surface area contributed by atoms with Gasteiger partial charge < -0.3 is 0 Å². The molecule has 0 amide bonds. The summed E-state index contributed by atoms with van der Waals surface area (Å²) in [7, 11) is 1.44. The predicted octanol–water partition coefficient (Wildman–Crippen LogP) is 3.92. The molecule has 0 saturated carbocycles. The average Bonchev–Trinajstić information content (AvgIpc) is 2.51. The van der Waals surface area contributed by atoms with Crippen molar-refractivity contribution in [1.82, 2.24) is 0 Å². The van der Waals surface area contributed by atoms with Crippen molar-refractivity contribution in [2.24, 2.45) is 7.05 Å². The lowest BCUT2D eigenvalue weighted by Crippen LogP contribution is -2.36. The first-order valence-corrected chi connectivity index (χ1v) is 5.63. The van der Waals surface area contributed by atoms with Gasteiger partial charge >= 0.3 is 0 Å². The van der Waals surface area contributed by atoms with Crippen molar-refractivity contribution < 1.29 is 18.3 Å². The molecule has 0 aliphatic rings. The zero-order valence-electron chi connectivity index (χ0n) is 20.4. The second kappa shape index (κ2) is 4.93. The van der Waals surface area contributed by atoms with Crippen molar-refractivity contribution in [1.29, 1.82) is 0 Å². The van der Waals surface area contributed by atoms with E-state index in [2.05, 4.69) is 0 Å². The summed E-state index contributed by atoms with van der Waals surface area (Å²) in [5, 5.41) is 0. The molecular formula is C17H22N+. The standard InChI is InChI=1S/C17H22N/c1-12(2)15-10-11-17(18(5)14(15)4)16-9-7-6-8-13(16)3/h6-12H,1-5H3/q+1/i1D3,2D3,4D3,12D. The lowest BCUT2D eigenvalue weighted by Gasteiger charge is -2.11. The summed E-state index contributed by atoms with van der Waals surface area (Å²) in [5.74, 6) is -3.09. The summed E-state index contributed by atoms with van der Waals surface area (Å²) >= 11 is 0. The van der Waals surface area contributed by atoms with Crippen LogP contribution in [0.25, 0.3) is 11.3 Å². The highest BCUT2D eigenvalue weighted by Gasteiger charge is 2.18. The second-order valence-electron chi connectivity index (χ2n) is 4.23. The number of aryl methyl sites for hydroxylation is 1. The molecule has 0 bridgehead atoms. The fraction of sp³-hybridized carbons (Fsp3) is 0.353. The van der Waals surface area contributed by atoms with Crippen LogP contribution in [0.1, 0.15) is 50.1 Å². The Bertz CT molecular complexity index is 863. The molecule has 0 N–H and O–H groups in total. The van der Waals surface area contributed by atoms with E-state index in [4.69, 9.17) is 13.7 Å². The first-order chi connectivity index (χ1) is 12.5. The molecule has 0 radical (unpaired) electrons. The van der Waals surface area contributed by atoms with Gasteiger partial charge in [-0.15, -0.1) is 0 Å². The number of pyridine rings is 1. The molecule has 1 heteroatoms. The van der Waals surface area contributed by atoms with E-state index in [0.717, 1.165) is 17.2 Å². The molecular weight excluding hydrogens is 218 g/mol. The summed E-state index contributed by atoms with van der Waals surface area (Å²) in [6, 6.07) is 9.86. The summed E-state index contributed by atoms with van der Waals surface area (Å²) < 4.78 is 79.6. The third kappa shape index (κ3) is 2.17. The minimum absolute atomic E-state index is 0.476. The highest BCUT2D eigenvalue weighted by molar-refractivity contribution is 5.60. The number of hydrogen-bond donors (Lipinski definition) is 0. The monoisotopic (exact) mass is 250 g/mol. The quantitative estimate of drug-likeness (QED) is 0.711. The van der Waals surface area contributed by atoms with Crippen molar-refractivity contribution in [3.63, 3.8) is 0 Å². The van der Waals surface area contributed by atoms with Crippen LogP contribution in [0.4, 0.5) is 0 Å². The van der Waals surface area contributed by atoms with Crippen LogP contribution in [0, 0.1) is 13.8 Å². The summed E-state index contributed by atoms with van der Waals surface area (Å²) in [6.07, 6.45) is 0.